The third-order valence-corrected chi connectivity index (χ3v) is 3.69. The molecule has 0 bridgehead atoms. The predicted molar refractivity (Wildman–Crippen MR) is 89.1 cm³/mol. The van der Waals surface area contributed by atoms with E-state index in [-0.39, 0.29) is 12.1 Å². The van der Waals surface area contributed by atoms with Gasteiger partial charge < -0.3 is 9.73 Å². The van der Waals surface area contributed by atoms with Gasteiger partial charge in [0.05, 0.1) is 5.69 Å². The molecule has 3 aromatic rings. The van der Waals surface area contributed by atoms with E-state index in [2.05, 4.69) is 10.3 Å². The molecule has 0 saturated carbocycles. The minimum Gasteiger partial charge on any atom is -0.441 e. The maximum atomic E-state index is 13.1. The molecule has 0 aliphatic rings. The van der Waals surface area contributed by atoms with Gasteiger partial charge in [-0.2, -0.15) is 0 Å². The van der Waals surface area contributed by atoms with E-state index < -0.39 is 17.5 Å². The second-order valence-corrected chi connectivity index (χ2v) is 5.55. The fourth-order valence-corrected chi connectivity index (χ4v) is 2.45. The zero-order chi connectivity index (χ0) is 17.8. The minimum atomic E-state index is -0.787. The summed E-state index contributed by atoms with van der Waals surface area (Å²) in [6, 6.07) is 12.2. The van der Waals surface area contributed by atoms with Crippen LogP contribution in [0.1, 0.15) is 21.8 Å². The zero-order valence-corrected chi connectivity index (χ0v) is 13.6. The highest BCUT2D eigenvalue weighted by Gasteiger charge is 2.13. The van der Waals surface area contributed by atoms with Crippen LogP contribution in [0.3, 0.4) is 0 Å². The lowest BCUT2D eigenvalue weighted by Gasteiger charge is -2.04. The third-order valence-electron chi connectivity index (χ3n) is 3.69. The fraction of sp³-hybridized carbons (Fsp3) is 0.158. The van der Waals surface area contributed by atoms with Crippen LogP contribution >= 0.6 is 0 Å². The zero-order valence-electron chi connectivity index (χ0n) is 13.6. The number of hydrogen-bond donors (Lipinski definition) is 1. The molecule has 1 heterocycles. The van der Waals surface area contributed by atoms with Crippen molar-refractivity contribution in [1.29, 1.82) is 0 Å². The molecule has 0 atom stereocenters. The smallest absolute Gasteiger partial charge is 0.251 e. The first-order valence-corrected chi connectivity index (χ1v) is 7.79. The van der Waals surface area contributed by atoms with E-state index in [1.807, 2.05) is 30.3 Å². The van der Waals surface area contributed by atoms with Gasteiger partial charge in [0.2, 0.25) is 5.89 Å². The van der Waals surface area contributed by atoms with Crippen LogP contribution in [0, 0.1) is 18.6 Å². The molecule has 1 amide bonds. The van der Waals surface area contributed by atoms with E-state index in [0.29, 0.717) is 18.1 Å². The van der Waals surface area contributed by atoms with Crippen LogP contribution in [0.4, 0.5) is 8.78 Å². The van der Waals surface area contributed by atoms with Gasteiger partial charge in [0.1, 0.15) is 17.4 Å². The molecule has 0 spiro atoms. The van der Waals surface area contributed by atoms with E-state index >= 15 is 0 Å². The number of aromatic nitrogens is 1. The molecule has 0 aliphatic carbocycles. The summed E-state index contributed by atoms with van der Waals surface area (Å²) in [5.41, 5.74) is 1.54. The molecule has 0 unspecified atom stereocenters. The maximum absolute atomic E-state index is 13.1. The van der Waals surface area contributed by atoms with Gasteiger partial charge >= 0.3 is 0 Å². The Morgan fingerprint density at radius 2 is 1.80 bits per heavy atom. The summed E-state index contributed by atoms with van der Waals surface area (Å²) >= 11 is 0. The molecule has 0 radical (unpaired) electrons. The normalized spacial score (nSPS) is 10.7. The molecule has 0 saturated heterocycles. The van der Waals surface area contributed by atoms with Gasteiger partial charge in [-0.05, 0) is 31.2 Å². The number of rotatable bonds is 5. The Morgan fingerprint density at radius 1 is 1.12 bits per heavy atom. The summed E-state index contributed by atoms with van der Waals surface area (Å²) in [4.78, 5) is 16.4. The molecule has 0 aliphatic heterocycles. The second-order valence-electron chi connectivity index (χ2n) is 5.55. The van der Waals surface area contributed by atoms with Crippen LogP contribution in [0.5, 0.6) is 0 Å². The summed E-state index contributed by atoms with van der Waals surface area (Å²) in [7, 11) is 0. The van der Waals surface area contributed by atoms with Crippen molar-refractivity contribution in [3.63, 3.8) is 0 Å². The monoisotopic (exact) mass is 342 g/mol. The molecule has 3 rings (SSSR count). The number of carbonyl (C=O) groups excluding carboxylic acids is 1. The van der Waals surface area contributed by atoms with E-state index in [0.717, 1.165) is 29.5 Å². The lowest BCUT2D eigenvalue weighted by molar-refractivity contribution is 0.0953. The molecular weight excluding hydrogens is 326 g/mol. The van der Waals surface area contributed by atoms with Gasteiger partial charge in [-0.1, -0.05) is 18.2 Å². The van der Waals surface area contributed by atoms with Gasteiger partial charge in [-0.15, -0.1) is 0 Å². The Kier molecular flexibility index (Phi) is 4.88. The first-order valence-electron chi connectivity index (χ1n) is 7.79. The Hall–Kier alpha value is -3.02. The number of aryl methyl sites for hydroxylation is 1. The Balaban J connectivity index is 1.62. The van der Waals surface area contributed by atoms with Crippen molar-refractivity contribution in [3.8, 4) is 11.5 Å². The summed E-state index contributed by atoms with van der Waals surface area (Å²) < 4.78 is 32.0. The molecule has 1 N–H and O–H groups in total. The Bertz CT molecular complexity index is 871. The van der Waals surface area contributed by atoms with Gasteiger partial charge in [0.25, 0.3) is 5.91 Å². The number of nitrogens with zero attached hydrogens (tertiary/aromatic N) is 1. The molecule has 1 aromatic heterocycles. The van der Waals surface area contributed by atoms with Crippen LogP contribution in [0.15, 0.2) is 52.9 Å². The lowest BCUT2D eigenvalue weighted by atomic mass is 10.2. The summed E-state index contributed by atoms with van der Waals surface area (Å²) in [5, 5.41) is 2.62. The van der Waals surface area contributed by atoms with E-state index in [9.17, 15) is 13.6 Å². The number of oxazole rings is 1. The minimum absolute atomic E-state index is 0.0562. The van der Waals surface area contributed by atoms with Crippen LogP contribution in [0.2, 0.25) is 0 Å². The molecule has 4 nitrogen and oxygen atoms in total. The van der Waals surface area contributed by atoms with E-state index in [1.165, 1.54) is 0 Å². The fourth-order valence-electron chi connectivity index (χ4n) is 2.45. The van der Waals surface area contributed by atoms with E-state index in [1.54, 1.807) is 6.92 Å². The SMILES string of the molecule is Cc1oc(-c2ccccc2)nc1CCNC(=O)c1cc(F)cc(F)c1. The van der Waals surface area contributed by atoms with Crippen molar-refractivity contribution in [2.75, 3.05) is 6.54 Å². The molecule has 25 heavy (non-hydrogen) atoms. The van der Waals surface area contributed by atoms with Gasteiger partial charge in [-0.3, -0.25) is 4.79 Å². The van der Waals surface area contributed by atoms with Crippen molar-refractivity contribution >= 4 is 5.91 Å². The predicted octanol–water partition coefficient (Wildman–Crippen LogP) is 3.90. The quantitative estimate of drug-likeness (QED) is 0.765. The maximum Gasteiger partial charge on any atom is 0.251 e. The number of amides is 1. The van der Waals surface area contributed by atoms with Crippen molar-refractivity contribution in [1.82, 2.24) is 10.3 Å². The molecule has 0 fully saturated rings. The first-order chi connectivity index (χ1) is 12.0. The van der Waals surface area contributed by atoms with Crippen LogP contribution in [-0.4, -0.2) is 17.4 Å². The lowest BCUT2D eigenvalue weighted by Crippen LogP contribution is -2.26. The Morgan fingerprint density at radius 3 is 2.48 bits per heavy atom. The number of hydrogen-bond acceptors (Lipinski definition) is 3. The van der Waals surface area contributed by atoms with Gasteiger partial charge in [0.15, 0.2) is 0 Å². The number of nitrogens with one attached hydrogen (secondary N) is 1. The van der Waals surface area contributed by atoms with Crippen molar-refractivity contribution in [2.24, 2.45) is 0 Å². The largest absolute Gasteiger partial charge is 0.441 e. The van der Waals surface area contributed by atoms with Gasteiger partial charge in [-0.25, -0.2) is 13.8 Å². The third kappa shape index (κ3) is 4.09. The number of carbonyl (C=O) groups is 1. The summed E-state index contributed by atoms with van der Waals surface area (Å²) in [6.45, 7) is 2.08. The number of benzene rings is 2. The summed E-state index contributed by atoms with van der Waals surface area (Å²) in [5.74, 6) is -0.922. The molecule has 128 valence electrons. The topological polar surface area (TPSA) is 55.1 Å². The highest BCUT2D eigenvalue weighted by Crippen LogP contribution is 2.21. The average molecular weight is 342 g/mol. The summed E-state index contributed by atoms with van der Waals surface area (Å²) in [6.07, 6.45) is 0.450. The van der Waals surface area contributed by atoms with Crippen LogP contribution < -0.4 is 5.32 Å². The van der Waals surface area contributed by atoms with Crippen LogP contribution in [0.25, 0.3) is 11.5 Å². The Labute approximate surface area is 143 Å². The van der Waals surface area contributed by atoms with Crippen molar-refractivity contribution in [3.05, 3.63) is 77.2 Å². The highest BCUT2D eigenvalue weighted by molar-refractivity contribution is 5.94. The molecule has 2 aromatic carbocycles. The van der Waals surface area contributed by atoms with Crippen LogP contribution in [-0.2, 0) is 6.42 Å². The van der Waals surface area contributed by atoms with E-state index in [4.69, 9.17) is 4.42 Å². The highest BCUT2D eigenvalue weighted by atomic mass is 19.1. The average Bonchev–Trinajstić information content (AvgIpc) is 2.96. The molecule has 6 heteroatoms. The number of halogens is 2. The first kappa shape index (κ1) is 16.8. The molecular formula is C19H16F2N2O2. The van der Waals surface area contributed by atoms with Gasteiger partial charge in [0, 0.05) is 30.2 Å². The van der Waals surface area contributed by atoms with Crippen molar-refractivity contribution in [2.45, 2.75) is 13.3 Å². The van der Waals surface area contributed by atoms with Crippen molar-refractivity contribution < 1.29 is 18.0 Å². The second kappa shape index (κ2) is 7.25. The standard InChI is InChI=1S/C19H16F2N2O2/c1-12-17(23-19(25-12)13-5-3-2-4-6-13)7-8-22-18(24)14-9-15(20)11-16(21)10-14/h2-6,9-11H,7-8H2,1H3,(H,22,24).